The van der Waals surface area contributed by atoms with Gasteiger partial charge in [0.1, 0.15) is 17.3 Å². The van der Waals surface area contributed by atoms with E-state index in [1.54, 1.807) is 6.07 Å². The van der Waals surface area contributed by atoms with Gasteiger partial charge in [0.15, 0.2) is 0 Å². The van der Waals surface area contributed by atoms with Gasteiger partial charge in [-0.25, -0.2) is 26.3 Å². The largest absolute Gasteiger partial charge is 0.373 e. The number of alkyl halides is 1. The van der Waals surface area contributed by atoms with Gasteiger partial charge >= 0.3 is 0 Å². The third-order valence-electron chi connectivity index (χ3n) is 7.35. The second kappa shape index (κ2) is 11.5. The minimum Gasteiger partial charge on any atom is -0.373 e. The first-order chi connectivity index (χ1) is 17.9. The standard InChI is InChI=1S/C27H32ClF3N2O4S/c1-3-38(35,36)32-26(34)24-14-23(18-4-5-18)20(12-25(24)30)15-37-16-27(31)6-8-33(9-7-27)17(2)19-10-21(28)13-22(29)11-19/h10-14,17-18H,3-9,15-16H2,1-2H3,(H,32,34). The summed E-state index contributed by atoms with van der Waals surface area (Å²) in [6, 6.07) is 6.84. The Bertz CT molecular complexity index is 1280. The number of nitrogens with one attached hydrogen (secondary N) is 1. The van der Waals surface area contributed by atoms with Crippen molar-refractivity contribution in [2.45, 2.75) is 63.8 Å². The molecule has 0 spiro atoms. The second-order valence-corrected chi connectivity index (χ2v) is 12.6. The van der Waals surface area contributed by atoms with Gasteiger partial charge in [-0.2, -0.15) is 0 Å². The SMILES string of the molecule is CCS(=O)(=O)NC(=O)c1cc(C2CC2)c(COCC2(F)CCN(C(C)c3cc(F)cc(Cl)c3)CC2)cc1F. The van der Waals surface area contributed by atoms with Gasteiger partial charge in [-0.15, -0.1) is 0 Å². The summed E-state index contributed by atoms with van der Waals surface area (Å²) < 4.78 is 75.2. The number of nitrogens with zero attached hydrogens (tertiary/aromatic N) is 1. The molecule has 1 saturated heterocycles. The van der Waals surface area contributed by atoms with Crippen LogP contribution in [0.3, 0.4) is 0 Å². The number of halogens is 4. The van der Waals surface area contributed by atoms with Gasteiger partial charge in [-0.1, -0.05) is 11.6 Å². The Hall–Kier alpha value is -2.14. The molecule has 2 aromatic carbocycles. The summed E-state index contributed by atoms with van der Waals surface area (Å²) in [4.78, 5) is 14.4. The molecule has 4 rings (SSSR count). The number of carbonyl (C=O) groups excluding carboxylic acids is 1. The number of hydrogen-bond donors (Lipinski definition) is 1. The third kappa shape index (κ3) is 7.08. The topological polar surface area (TPSA) is 75.7 Å². The van der Waals surface area contributed by atoms with Crippen LogP contribution in [-0.4, -0.2) is 50.3 Å². The van der Waals surface area contributed by atoms with E-state index in [0.29, 0.717) is 23.7 Å². The summed E-state index contributed by atoms with van der Waals surface area (Å²) in [6.07, 6.45) is 2.19. The van der Waals surface area contributed by atoms with E-state index in [1.165, 1.54) is 31.2 Å². The minimum absolute atomic E-state index is 0.0223. The zero-order chi connectivity index (χ0) is 27.7. The fraction of sp³-hybridized carbons (Fsp3) is 0.519. The zero-order valence-corrected chi connectivity index (χ0v) is 23.0. The van der Waals surface area contributed by atoms with Crippen molar-refractivity contribution in [1.82, 2.24) is 9.62 Å². The Balaban J connectivity index is 1.36. The van der Waals surface area contributed by atoms with E-state index >= 15 is 4.39 Å². The molecule has 1 amide bonds. The summed E-state index contributed by atoms with van der Waals surface area (Å²) in [5.74, 6) is -2.45. The molecule has 2 fully saturated rings. The van der Waals surface area contributed by atoms with E-state index in [1.807, 2.05) is 11.6 Å². The lowest BCUT2D eigenvalue weighted by atomic mass is 9.92. The van der Waals surface area contributed by atoms with Crippen LogP contribution in [0.15, 0.2) is 30.3 Å². The molecule has 6 nitrogen and oxygen atoms in total. The van der Waals surface area contributed by atoms with Crippen LogP contribution in [0.1, 0.15) is 78.5 Å². The average molecular weight is 573 g/mol. The van der Waals surface area contributed by atoms with Crippen molar-refractivity contribution in [3.05, 3.63) is 69.2 Å². The quantitative estimate of drug-likeness (QED) is 0.398. The van der Waals surface area contributed by atoms with Crippen LogP contribution in [-0.2, 0) is 21.4 Å². The van der Waals surface area contributed by atoms with Gasteiger partial charge in [0.2, 0.25) is 10.0 Å². The Kier molecular flexibility index (Phi) is 8.76. The highest BCUT2D eigenvalue weighted by atomic mass is 35.5. The summed E-state index contributed by atoms with van der Waals surface area (Å²) in [6.45, 7) is 4.05. The normalized spacial score (nSPS) is 18.8. The van der Waals surface area contributed by atoms with Crippen LogP contribution in [0.4, 0.5) is 13.2 Å². The number of hydrogen-bond acceptors (Lipinski definition) is 5. The maximum atomic E-state index is 15.5. The molecule has 0 aromatic heterocycles. The molecule has 208 valence electrons. The van der Waals surface area contributed by atoms with Crippen LogP contribution in [0.5, 0.6) is 0 Å². The number of ether oxygens (including phenoxy) is 1. The Morgan fingerprint density at radius 2 is 1.87 bits per heavy atom. The highest BCUT2D eigenvalue weighted by Crippen LogP contribution is 2.43. The fourth-order valence-electron chi connectivity index (χ4n) is 4.80. The van der Waals surface area contributed by atoms with Gasteiger partial charge in [0, 0.05) is 24.2 Å². The number of carbonyl (C=O) groups is 1. The van der Waals surface area contributed by atoms with E-state index in [2.05, 4.69) is 4.90 Å². The number of amides is 1. The Morgan fingerprint density at radius 3 is 2.47 bits per heavy atom. The molecule has 38 heavy (non-hydrogen) atoms. The van der Waals surface area contributed by atoms with Crippen LogP contribution in [0, 0.1) is 11.6 Å². The first-order valence-electron chi connectivity index (χ1n) is 12.7. The van der Waals surface area contributed by atoms with Crippen molar-refractivity contribution in [2.24, 2.45) is 0 Å². The zero-order valence-electron chi connectivity index (χ0n) is 21.4. The molecule has 1 heterocycles. The molecule has 2 aromatic rings. The molecule has 1 saturated carbocycles. The van der Waals surface area contributed by atoms with Crippen LogP contribution < -0.4 is 4.72 Å². The predicted octanol–water partition coefficient (Wildman–Crippen LogP) is 5.66. The lowest BCUT2D eigenvalue weighted by Crippen LogP contribution is -2.45. The molecule has 2 aliphatic rings. The van der Waals surface area contributed by atoms with E-state index in [9.17, 15) is 22.0 Å². The summed E-state index contributed by atoms with van der Waals surface area (Å²) >= 11 is 5.98. The molecule has 11 heteroatoms. The smallest absolute Gasteiger partial charge is 0.267 e. The predicted molar refractivity (Wildman–Crippen MR) is 139 cm³/mol. The lowest BCUT2D eigenvalue weighted by molar-refractivity contribution is -0.0367. The fourth-order valence-corrected chi connectivity index (χ4v) is 5.57. The second-order valence-electron chi connectivity index (χ2n) is 10.2. The maximum absolute atomic E-state index is 15.5. The number of sulfonamides is 1. The Labute approximate surface area is 226 Å². The van der Waals surface area contributed by atoms with E-state index in [4.69, 9.17) is 16.3 Å². The lowest BCUT2D eigenvalue weighted by Gasteiger charge is -2.39. The first kappa shape index (κ1) is 28.9. The number of piperidine rings is 1. The van der Waals surface area contributed by atoms with Crippen molar-refractivity contribution in [2.75, 3.05) is 25.4 Å². The average Bonchev–Trinajstić information content (AvgIpc) is 3.68. The molecule has 1 N–H and O–H groups in total. The van der Waals surface area contributed by atoms with Gasteiger partial charge in [0.25, 0.3) is 5.91 Å². The summed E-state index contributed by atoms with van der Waals surface area (Å²) in [5, 5.41) is 0.318. The van der Waals surface area contributed by atoms with Gasteiger partial charge in [-0.3, -0.25) is 9.69 Å². The van der Waals surface area contributed by atoms with Gasteiger partial charge in [-0.05, 0) is 92.5 Å². The van der Waals surface area contributed by atoms with Crippen LogP contribution >= 0.6 is 11.6 Å². The van der Waals surface area contributed by atoms with E-state index < -0.39 is 33.2 Å². The molecule has 0 bridgehead atoms. The van der Waals surface area contributed by atoms with E-state index in [0.717, 1.165) is 24.0 Å². The molecule has 1 atom stereocenters. The van der Waals surface area contributed by atoms with Crippen LogP contribution in [0.25, 0.3) is 0 Å². The minimum atomic E-state index is -3.83. The Morgan fingerprint density at radius 1 is 1.18 bits per heavy atom. The molecule has 1 aliphatic heterocycles. The van der Waals surface area contributed by atoms with Crippen molar-refractivity contribution in [1.29, 1.82) is 0 Å². The molecule has 1 aliphatic carbocycles. The van der Waals surface area contributed by atoms with Gasteiger partial charge in [0.05, 0.1) is 24.5 Å². The molecule has 1 unspecified atom stereocenters. The molecular weight excluding hydrogens is 541 g/mol. The number of benzene rings is 2. The third-order valence-corrected chi connectivity index (χ3v) is 8.82. The number of likely N-dealkylation sites (tertiary alicyclic amines) is 1. The highest BCUT2D eigenvalue weighted by Gasteiger charge is 2.37. The van der Waals surface area contributed by atoms with Crippen molar-refractivity contribution in [3.8, 4) is 0 Å². The van der Waals surface area contributed by atoms with Crippen molar-refractivity contribution >= 4 is 27.5 Å². The van der Waals surface area contributed by atoms with E-state index in [-0.39, 0.29) is 49.3 Å². The summed E-state index contributed by atoms with van der Waals surface area (Å²) in [7, 11) is -3.83. The number of rotatable bonds is 10. The molecule has 0 radical (unpaired) electrons. The highest BCUT2D eigenvalue weighted by molar-refractivity contribution is 7.90. The van der Waals surface area contributed by atoms with Crippen molar-refractivity contribution in [3.63, 3.8) is 0 Å². The summed E-state index contributed by atoms with van der Waals surface area (Å²) in [5.41, 5.74) is 0.0864. The van der Waals surface area contributed by atoms with Crippen LogP contribution in [0.2, 0.25) is 5.02 Å². The monoisotopic (exact) mass is 572 g/mol. The molecular formula is C27H32ClF3N2O4S. The van der Waals surface area contributed by atoms with Crippen molar-refractivity contribution < 1.29 is 31.1 Å². The van der Waals surface area contributed by atoms with Gasteiger partial charge < -0.3 is 4.74 Å². The maximum Gasteiger partial charge on any atom is 0.267 e. The first-order valence-corrected chi connectivity index (χ1v) is 14.8.